The molecular weight excluding hydrogens is 266 g/mol. The summed E-state index contributed by atoms with van der Waals surface area (Å²) in [5.41, 5.74) is 6.35. The van der Waals surface area contributed by atoms with E-state index in [9.17, 15) is 14.1 Å². The summed E-state index contributed by atoms with van der Waals surface area (Å²) in [6.07, 6.45) is 1.73. The van der Waals surface area contributed by atoms with E-state index >= 15 is 0 Å². The van der Waals surface area contributed by atoms with Crippen LogP contribution in [0.1, 0.15) is 12.0 Å². The highest BCUT2D eigenvalue weighted by Crippen LogP contribution is 2.02. The summed E-state index contributed by atoms with van der Waals surface area (Å²) in [6, 6.07) is 8.10. The van der Waals surface area contributed by atoms with Gasteiger partial charge in [-0.05, 0) is 5.56 Å². The Bertz CT molecular complexity index is 422. The maximum Gasteiger partial charge on any atom is 0.376 e. The van der Waals surface area contributed by atoms with Crippen LogP contribution in [0.15, 0.2) is 30.3 Å². The van der Waals surface area contributed by atoms with Crippen LogP contribution in [-0.4, -0.2) is 34.4 Å². The molecule has 2 atom stereocenters. The lowest BCUT2D eigenvalue weighted by atomic mass is 10.1. The zero-order valence-corrected chi connectivity index (χ0v) is 11.5. The fourth-order valence-corrected chi connectivity index (χ4v) is 1.96. The predicted octanol–water partition coefficient (Wildman–Crippen LogP) is 0.395. The normalized spacial score (nSPS) is 13.6. The lowest BCUT2D eigenvalue weighted by Gasteiger charge is -2.10. The minimum Gasteiger partial charge on any atom is -0.617 e. The third kappa shape index (κ3) is 5.87. The summed E-state index contributed by atoms with van der Waals surface area (Å²) in [5.74, 6) is -1.43. The van der Waals surface area contributed by atoms with Gasteiger partial charge >= 0.3 is 5.97 Å². The van der Waals surface area contributed by atoms with Gasteiger partial charge in [0.25, 0.3) is 5.78 Å². The number of Topliss-reactive ketones (excluding diaryl/α,β-unsaturated/α-hetero) is 1. The van der Waals surface area contributed by atoms with Crippen molar-refractivity contribution in [2.45, 2.75) is 19.1 Å². The predicted molar refractivity (Wildman–Crippen MR) is 72.8 cm³/mol. The molecule has 0 heterocycles. The quantitative estimate of drug-likeness (QED) is 0.444. The Morgan fingerprint density at radius 2 is 2.00 bits per heavy atom. The molecule has 6 heteroatoms. The second kappa shape index (κ2) is 7.93. The van der Waals surface area contributed by atoms with Crippen molar-refractivity contribution < 1.29 is 18.9 Å². The molecule has 0 aliphatic heterocycles. The molecule has 0 saturated carbocycles. The first-order chi connectivity index (χ1) is 9.00. The molecule has 1 unspecified atom stereocenters. The number of carbonyl (C=O) groups is 2. The average molecular weight is 283 g/mol. The van der Waals surface area contributed by atoms with Crippen molar-refractivity contribution in [1.82, 2.24) is 0 Å². The zero-order chi connectivity index (χ0) is 14.3. The number of nitrogens with two attached hydrogens (primary N) is 1. The van der Waals surface area contributed by atoms with Crippen LogP contribution in [0, 0.1) is 0 Å². The maximum atomic E-state index is 11.6. The molecule has 1 aromatic rings. The fourth-order valence-electron chi connectivity index (χ4n) is 1.37. The number of hydrogen-bond donors (Lipinski definition) is 1. The monoisotopic (exact) mass is 283 g/mol. The van der Waals surface area contributed by atoms with Crippen LogP contribution in [0.2, 0.25) is 0 Å². The van der Waals surface area contributed by atoms with E-state index in [0.29, 0.717) is 5.75 Å². The maximum absolute atomic E-state index is 11.6. The fraction of sp³-hybridized carbons (Fsp3) is 0.385. The van der Waals surface area contributed by atoms with Crippen molar-refractivity contribution in [3.8, 4) is 0 Å². The molecule has 0 spiro atoms. The van der Waals surface area contributed by atoms with Gasteiger partial charge in [0.1, 0.15) is 12.4 Å². The summed E-state index contributed by atoms with van der Waals surface area (Å²) < 4.78 is 15.8. The Morgan fingerprint density at radius 3 is 2.58 bits per heavy atom. The Balaban J connectivity index is 2.38. The number of carbonyl (C=O) groups excluding carboxylic acids is 2. The zero-order valence-electron chi connectivity index (χ0n) is 10.7. The lowest BCUT2D eigenvalue weighted by Crippen LogP contribution is -2.38. The molecule has 1 aromatic carbocycles. The Hall–Kier alpha value is -1.37. The van der Waals surface area contributed by atoms with Crippen LogP contribution in [0.25, 0.3) is 0 Å². The van der Waals surface area contributed by atoms with E-state index in [1.54, 1.807) is 12.1 Å². The molecule has 0 fully saturated rings. The molecule has 0 radical (unpaired) electrons. The molecule has 104 valence electrons. The SMILES string of the molecule is C[S+]([O-])CC[C@H](N)C(=O)C(=O)OCc1ccccc1. The number of benzene rings is 1. The van der Waals surface area contributed by atoms with Gasteiger partial charge in [-0.15, -0.1) is 0 Å². The van der Waals surface area contributed by atoms with E-state index in [2.05, 4.69) is 0 Å². The van der Waals surface area contributed by atoms with Crippen LogP contribution in [0.4, 0.5) is 0 Å². The van der Waals surface area contributed by atoms with Gasteiger partial charge in [-0.2, -0.15) is 0 Å². The molecule has 0 aliphatic rings. The summed E-state index contributed by atoms with van der Waals surface area (Å²) in [5, 5.41) is 0. The van der Waals surface area contributed by atoms with Gasteiger partial charge in [0.05, 0.1) is 12.3 Å². The third-order valence-corrected chi connectivity index (χ3v) is 3.28. The van der Waals surface area contributed by atoms with Gasteiger partial charge in [-0.3, -0.25) is 4.79 Å². The highest BCUT2D eigenvalue weighted by Gasteiger charge is 2.24. The first kappa shape index (κ1) is 15.7. The van der Waals surface area contributed by atoms with Gasteiger partial charge in [-0.1, -0.05) is 41.5 Å². The van der Waals surface area contributed by atoms with Crippen LogP contribution < -0.4 is 5.73 Å². The van der Waals surface area contributed by atoms with Gasteiger partial charge in [-0.25, -0.2) is 4.79 Å². The van der Waals surface area contributed by atoms with Crippen molar-refractivity contribution >= 4 is 22.9 Å². The van der Waals surface area contributed by atoms with Crippen molar-refractivity contribution in [3.05, 3.63) is 35.9 Å². The van der Waals surface area contributed by atoms with E-state index in [-0.39, 0.29) is 13.0 Å². The number of rotatable bonds is 7. The van der Waals surface area contributed by atoms with Gasteiger partial charge in [0.2, 0.25) is 0 Å². The van der Waals surface area contributed by atoms with Crippen molar-refractivity contribution in [2.75, 3.05) is 12.0 Å². The van der Waals surface area contributed by atoms with Gasteiger partial charge < -0.3 is 15.0 Å². The number of ketones is 1. The second-order valence-corrected chi connectivity index (χ2v) is 5.65. The van der Waals surface area contributed by atoms with Crippen LogP contribution in [0.5, 0.6) is 0 Å². The number of hydrogen-bond acceptors (Lipinski definition) is 5. The van der Waals surface area contributed by atoms with Crippen LogP contribution in [-0.2, 0) is 32.1 Å². The van der Waals surface area contributed by atoms with Crippen LogP contribution >= 0.6 is 0 Å². The van der Waals surface area contributed by atoms with Crippen LogP contribution in [0.3, 0.4) is 0 Å². The molecule has 0 bridgehead atoms. The average Bonchev–Trinajstić information content (AvgIpc) is 2.42. The van der Waals surface area contributed by atoms with Crippen molar-refractivity contribution in [2.24, 2.45) is 5.73 Å². The minimum atomic E-state index is -1.03. The van der Waals surface area contributed by atoms with E-state index in [1.807, 2.05) is 18.2 Å². The standard InChI is InChI=1S/C13H17NO4S/c1-19(17)8-7-11(14)12(15)13(16)18-9-10-5-3-2-4-6-10/h2-6,11H,7-9,14H2,1H3/t11-,19?/m0/s1. The molecule has 19 heavy (non-hydrogen) atoms. The van der Waals surface area contributed by atoms with Gasteiger partial charge in [0.15, 0.2) is 0 Å². The first-order valence-electron chi connectivity index (χ1n) is 5.81. The molecule has 0 aromatic heterocycles. The number of ether oxygens (including phenoxy) is 1. The lowest BCUT2D eigenvalue weighted by molar-refractivity contribution is -0.155. The number of esters is 1. The molecule has 0 aliphatic carbocycles. The Labute approximate surface area is 115 Å². The summed E-state index contributed by atoms with van der Waals surface area (Å²) in [6.45, 7) is 0.0395. The second-order valence-electron chi connectivity index (χ2n) is 4.10. The largest absolute Gasteiger partial charge is 0.617 e. The molecule has 1 rings (SSSR count). The minimum absolute atomic E-state index is 0.0395. The summed E-state index contributed by atoms with van der Waals surface area (Å²) in [7, 11) is 0. The van der Waals surface area contributed by atoms with E-state index < -0.39 is 29.0 Å². The summed E-state index contributed by atoms with van der Waals surface area (Å²) in [4.78, 5) is 23.1. The van der Waals surface area contributed by atoms with Gasteiger partial charge in [0, 0.05) is 6.42 Å². The smallest absolute Gasteiger partial charge is 0.376 e. The van der Waals surface area contributed by atoms with E-state index in [4.69, 9.17) is 10.5 Å². The third-order valence-electron chi connectivity index (χ3n) is 2.47. The van der Waals surface area contributed by atoms with E-state index in [0.717, 1.165) is 5.56 Å². The Kier molecular flexibility index (Phi) is 6.55. The Morgan fingerprint density at radius 1 is 1.37 bits per heavy atom. The van der Waals surface area contributed by atoms with Crippen molar-refractivity contribution in [3.63, 3.8) is 0 Å². The molecule has 5 nitrogen and oxygen atoms in total. The van der Waals surface area contributed by atoms with E-state index in [1.165, 1.54) is 6.26 Å². The molecule has 0 saturated heterocycles. The molecule has 0 amide bonds. The van der Waals surface area contributed by atoms with Crippen molar-refractivity contribution in [1.29, 1.82) is 0 Å². The topological polar surface area (TPSA) is 92.5 Å². The molecular formula is C13H17NO4S. The highest BCUT2D eigenvalue weighted by molar-refractivity contribution is 7.90. The molecule has 2 N–H and O–H groups in total. The summed E-state index contributed by atoms with van der Waals surface area (Å²) >= 11 is -1.03. The first-order valence-corrected chi connectivity index (χ1v) is 7.54. The highest BCUT2D eigenvalue weighted by atomic mass is 32.2.